The topological polar surface area (TPSA) is 145 Å². The Hall–Kier alpha value is -2.80. The van der Waals surface area contributed by atoms with E-state index in [0.29, 0.717) is 29.7 Å². The summed E-state index contributed by atoms with van der Waals surface area (Å²) in [6, 6.07) is 10.2. The molecule has 0 unspecified atom stereocenters. The Labute approximate surface area is 290 Å². The van der Waals surface area contributed by atoms with Crippen molar-refractivity contribution >= 4 is 38.9 Å². The molecule has 6 atom stereocenters. The molecule has 4 rings (SSSR count). The van der Waals surface area contributed by atoms with E-state index in [2.05, 4.69) is 20.9 Å². The van der Waals surface area contributed by atoms with Crippen molar-refractivity contribution in [3.05, 3.63) is 57.8 Å². The zero-order valence-corrected chi connectivity index (χ0v) is 31.0. The first kappa shape index (κ1) is 38.0. The monoisotopic (exact) mass is 702 g/mol. The first-order chi connectivity index (χ1) is 22.4. The zero-order chi connectivity index (χ0) is 35.4. The van der Waals surface area contributed by atoms with Crippen LogP contribution in [0.1, 0.15) is 86.8 Å². The molecule has 1 aliphatic heterocycles. The highest BCUT2D eigenvalue weighted by atomic mass is 32.2. The first-order valence-electron chi connectivity index (χ1n) is 17.0. The molecule has 4 N–H and O–H groups in total. The molecule has 12 heteroatoms. The van der Waals surface area contributed by atoms with Crippen LogP contribution in [0, 0.1) is 18.8 Å². The molecule has 3 amide bonds. The average Bonchev–Trinajstić information content (AvgIpc) is 3.44. The molecule has 48 heavy (non-hydrogen) atoms. The summed E-state index contributed by atoms with van der Waals surface area (Å²) in [6.07, 6.45) is 5.42. The Morgan fingerprint density at radius 2 is 1.62 bits per heavy atom. The molecule has 1 saturated carbocycles. The maximum atomic E-state index is 14.1. The number of fused-ring (bicyclic) bond motifs is 1. The fourth-order valence-electron chi connectivity index (χ4n) is 6.94. The SMILES string of the molecule is Cc1ccc(C(=O)N[C@H](C(=O)N[C@@H](Cc2ccccc2)[C@H](O)CN2C[C@H]3CCCC[C@H]3C[C@H]2C(=O)NC(C)(C)C)C(C)(C)S(C)(=O)=O)s1. The van der Waals surface area contributed by atoms with Crippen LogP contribution in [-0.4, -0.2) is 90.0 Å². The van der Waals surface area contributed by atoms with Crippen molar-refractivity contribution in [2.45, 2.75) is 115 Å². The van der Waals surface area contributed by atoms with Gasteiger partial charge in [0.1, 0.15) is 6.04 Å². The van der Waals surface area contributed by atoms with Crippen LogP contribution in [0.15, 0.2) is 42.5 Å². The lowest BCUT2D eigenvalue weighted by Crippen LogP contribution is -2.64. The highest BCUT2D eigenvalue weighted by Crippen LogP contribution is 2.39. The van der Waals surface area contributed by atoms with E-state index < -0.39 is 56.2 Å². The van der Waals surface area contributed by atoms with Gasteiger partial charge >= 0.3 is 0 Å². The molecule has 0 radical (unpaired) electrons. The molecule has 2 aromatic rings. The summed E-state index contributed by atoms with van der Waals surface area (Å²) in [5, 5.41) is 20.7. The van der Waals surface area contributed by atoms with Crippen molar-refractivity contribution in [2.75, 3.05) is 19.3 Å². The lowest BCUT2D eigenvalue weighted by Gasteiger charge is -2.47. The van der Waals surface area contributed by atoms with Gasteiger partial charge < -0.3 is 21.1 Å². The standard InChI is InChI=1S/C36H54N4O6S2/c1-23-17-18-30(47-23)33(43)38-31(36(5,6)48(7,45)46)34(44)37-27(19-24-13-9-8-10-14-24)29(41)22-40-21-26-16-12-11-15-25(26)20-28(40)32(42)39-35(2,3)4/h8-10,13-14,17-18,25-29,31,41H,11-12,15-16,19-22H2,1-7H3,(H,37,44)(H,38,43)(H,39,42)/t25-,26+,27-,28-,29+,31+/m0/s1. The number of carbonyl (C=O) groups excluding carboxylic acids is 3. The Kier molecular flexibility index (Phi) is 12.2. The number of amides is 3. The Balaban J connectivity index is 1.62. The number of piperidine rings is 1. The number of nitrogens with one attached hydrogen (secondary N) is 3. The summed E-state index contributed by atoms with van der Waals surface area (Å²) in [5.41, 5.74) is 0.453. The summed E-state index contributed by atoms with van der Waals surface area (Å²) < 4.78 is 24.3. The smallest absolute Gasteiger partial charge is 0.262 e. The number of sulfone groups is 1. The van der Waals surface area contributed by atoms with Gasteiger partial charge in [0.25, 0.3) is 5.91 Å². The number of likely N-dealkylation sites (tertiary alicyclic amines) is 1. The zero-order valence-electron chi connectivity index (χ0n) is 29.4. The van der Waals surface area contributed by atoms with Crippen molar-refractivity contribution in [3.8, 4) is 0 Å². The van der Waals surface area contributed by atoms with Gasteiger partial charge in [-0.2, -0.15) is 0 Å². The molecule has 2 aliphatic rings. The number of aryl methyl sites for hydroxylation is 1. The number of hydrogen-bond donors (Lipinski definition) is 4. The van der Waals surface area contributed by atoms with Crippen LogP contribution in [0.25, 0.3) is 0 Å². The number of thiophene rings is 1. The second-order valence-electron chi connectivity index (χ2n) is 15.3. The van der Waals surface area contributed by atoms with Gasteiger partial charge in [-0.25, -0.2) is 8.42 Å². The Morgan fingerprint density at radius 3 is 2.21 bits per heavy atom. The summed E-state index contributed by atoms with van der Waals surface area (Å²) in [6.45, 7) is 11.4. The molecular weight excluding hydrogens is 649 g/mol. The highest BCUT2D eigenvalue weighted by molar-refractivity contribution is 7.92. The predicted molar refractivity (Wildman–Crippen MR) is 191 cm³/mol. The van der Waals surface area contributed by atoms with Crippen molar-refractivity contribution in [2.24, 2.45) is 11.8 Å². The number of β-amino-alcohol motifs (C(OH)–C–C–N with tert-alkyl or cyclic N) is 1. The Bertz CT molecular complexity index is 1530. The number of rotatable bonds is 12. The van der Waals surface area contributed by atoms with Crippen molar-refractivity contribution in [3.63, 3.8) is 0 Å². The molecule has 0 bridgehead atoms. The van der Waals surface area contributed by atoms with E-state index in [1.165, 1.54) is 25.2 Å². The van der Waals surface area contributed by atoms with E-state index in [4.69, 9.17) is 0 Å². The van der Waals surface area contributed by atoms with E-state index >= 15 is 0 Å². The molecular formula is C36H54N4O6S2. The highest BCUT2D eigenvalue weighted by Gasteiger charge is 2.46. The lowest BCUT2D eigenvalue weighted by molar-refractivity contribution is -0.133. The minimum Gasteiger partial charge on any atom is -0.390 e. The summed E-state index contributed by atoms with van der Waals surface area (Å²) in [4.78, 5) is 44.4. The van der Waals surface area contributed by atoms with E-state index in [1.807, 2.05) is 58.0 Å². The van der Waals surface area contributed by atoms with Crippen molar-refractivity contribution in [1.82, 2.24) is 20.9 Å². The van der Waals surface area contributed by atoms with Crippen LogP contribution in [0.4, 0.5) is 0 Å². The van der Waals surface area contributed by atoms with Gasteiger partial charge in [-0.3, -0.25) is 19.3 Å². The molecule has 266 valence electrons. The maximum absolute atomic E-state index is 14.1. The predicted octanol–water partition coefficient (Wildman–Crippen LogP) is 3.86. The first-order valence-corrected chi connectivity index (χ1v) is 19.7. The minimum absolute atomic E-state index is 0.0659. The number of aliphatic hydroxyl groups is 1. The van der Waals surface area contributed by atoms with Gasteiger partial charge in [0.15, 0.2) is 9.84 Å². The molecule has 1 aromatic heterocycles. The van der Waals surface area contributed by atoms with Crippen LogP contribution >= 0.6 is 11.3 Å². The van der Waals surface area contributed by atoms with Crippen LogP contribution in [0.5, 0.6) is 0 Å². The number of aliphatic hydroxyl groups excluding tert-OH is 1. The third-order valence-corrected chi connectivity index (χ3v) is 13.1. The number of carbonyl (C=O) groups is 3. The van der Waals surface area contributed by atoms with Gasteiger partial charge in [-0.15, -0.1) is 11.3 Å². The molecule has 1 aliphatic carbocycles. The second-order valence-corrected chi connectivity index (χ2v) is 19.2. The quantitative estimate of drug-likeness (QED) is 0.263. The molecule has 2 fully saturated rings. The summed E-state index contributed by atoms with van der Waals surface area (Å²) in [7, 11) is -3.84. The van der Waals surface area contributed by atoms with E-state index in [9.17, 15) is 27.9 Å². The largest absolute Gasteiger partial charge is 0.390 e. The molecule has 1 aromatic carbocycles. The van der Waals surface area contributed by atoms with Crippen molar-refractivity contribution < 1.29 is 27.9 Å². The van der Waals surface area contributed by atoms with Gasteiger partial charge in [0.05, 0.1) is 27.8 Å². The number of benzene rings is 1. The summed E-state index contributed by atoms with van der Waals surface area (Å²) >= 11 is 1.25. The number of nitrogens with zero attached hydrogens (tertiary/aromatic N) is 1. The molecule has 1 saturated heterocycles. The van der Waals surface area contributed by atoms with Crippen LogP contribution < -0.4 is 16.0 Å². The van der Waals surface area contributed by atoms with E-state index in [1.54, 1.807) is 12.1 Å². The van der Waals surface area contributed by atoms with Crippen LogP contribution in [-0.2, 0) is 25.8 Å². The average molecular weight is 703 g/mol. The van der Waals surface area contributed by atoms with Gasteiger partial charge in [0.2, 0.25) is 11.8 Å². The molecule has 2 heterocycles. The van der Waals surface area contributed by atoms with Crippen molar-refractivity contribution in [1.29, 1.82) is 0 Å². The second kappa shape index (κ2) is 15.4. The van der Waals surface area contributed by atoms with Crippen LogP contribution in [0.2, 0.25) is 0 Å². The van der Waals surface area contributed by atoms with Gasteiger partial charge in [-0.05, 0) is 90.3 Å². The fourth-order valence-corrected chi connectivity index (χ4v) is 8.30. The summed E-state index contributed by atoms with van der Waals surface area (Å²) in [5.74, 6) is -0.433. The van der Waals surface area contributed by atoms with Gasteiger partial charge in [0, 0.05) is 29.8 Å². The Morgan fingerprint density at radius 1 is 0.979 bits per heavy atom. The van der Waals surface area contributed by atoms with Crippen LogP contribution in [0.3, 0.4) is 0 Å². The third-order valence-electron chi connectivity index (χ3n) is 9.97. The minimum atomic E-state index is -3.84. The van der Waals surface area contributed by atoms with E-state index in [0.717, 1.165) is 42.4 Å². The fraction of sp³-hybridized carbons (Fsp3) is 0.639. The molecule has 0 spiro atoms. The maximum Gasteiger partial charge on any atom is 0.262 e. The lowest BCUT2D eigenvalue weighted by atomic mass is 9.72. The number of hydrogen-bond acceptors (Lipinski definition) is 8. The van der Waals surface area contributed by atoms with E-state index in [-0.39, 0.29) is 18.9 Å². The van der Waals surface area contributed by atoms with Gasteiger partial charge in [-0.1, -0.05) is 49.6 Å². The molecule has 10 nitrogen and oxygen atoms in total. The third kappa shape index (κ3) is 9.67. The normalized spacial score (nSPS) is 22.5.